The van der Waals surface area contributed by atoms with Gasteiger partial charge in [-0.25, -0.2) is 0 Å². The summed E-state index contributed by atoms with van der Waals surface area (Å²) in [6.45, 7) is 0. The van der Waals surface area contributed by atoms with E-state index in [1.54, 1.807) is 0 Å². The van der Waals surface area contributed by atoms with Gasteiger partial charge in [0.15, 0.2) is 0 Å². The van der Waals surface area contributed by atoms with Crippen LogP contribution in [0.1, 0.15) is 62.2 Å². The summed E-state index contributed by atoms with van der Waals surface area (Å²) in [5.41, 5.74) is 9.16. The van der Waals surface area contributed by atoms with Crippen LogP contribution in [0.5, 0.6) is 11.5 Å². The molecular formula is C25H33NO2S. The summed E-state index contributed by atoms with van der Waals surface area (Å²) in [6.07, 6.45) is 11.2. The monoisotopic (exact) mass is 411 g/mol. The third-order valence-corrected chi connectivity index (χ3v) is 7.10. The molecule has 4 heteroatoms. The van der Waals surface area contributed by atoms with E-state index in [0.29, 0.717) is 0 Å². The molecule has 0 aromatic heterocycles. The van der Waals surface area contributed by atoms with Crippen LogP contribution in [-0.2, 0) is 6.42 Å². The predicted octanol–water partition coefficient (Wildman–Crippen LogP) is 5.92. The molecule has 1 saturated carbocycles. The lowest BCUT2D eigenvalue weighted by Gasteiger charge is -2.37. The van der Waals surface area contributed by atoms with Gasteiger partial charge in [-0.15, -0.1) is 0 Å². The van der Waals surface area contributed by atoms with Crippen LogP contribution in [0.25, 0.3) is 0 Å². The molecule has 0 bridgehead atoms. The Balaban J connectivity index is 1.32. The molecule has 1 unspecified atom stereocenters. The highest BCUT2D eigenvalue weighted by atomic mass is 32.2. The highest BCUT2D eigenvalue weighted by Crippen LogP contribution is 2.38. The van der Waals surface area contributed by atoms with E-state index in [1.807, 2.05) is 17.8 Å². The number of nitrogens with two attached hydrogens (primary N) is 1. The van der Waals surface area contributed by atoms with E-state index in [0.717, 1.165) is 56.4 Å². The maximum absolute atomic E-state index is 6.63. The van der Waals surface area contributed by atoms with Crippen LogP contribution in [0.4, 0.5) is 0 Å². The molecule has 0 spiro atoms. The summed E-state index contributed by atoms with van der Waals surface area (Å²) in [6, 6.07) is 16.8. The van der Waals surface area contributed by atoms with E-state index >= 15 is 0 Å². The van der Waals surface area contributed by atoms with Gasteiger partial charge in [0.1, 0.15) is 17.6 Å². The van der Waals surface area contributed by atoms with Crippen LogP contribution < -0.4 is 15.2 Å². The molecule has 4 rings (SSSR count). The number of ether oxygens (including phenoxy) is 2. The molecule has 2 aliphatic rings. The zero-order chi connectivity index (χ0) is 20.1. The van der Waals surface area contributed by atoms with E-state index in [4.69, 9.17) is 15.2 Å². The topological polar surface area (TPSA) is 44.5 Å². The first-order chi connectivity index (χ1) is 14.1. The summed E-state index contributed by atoms with van der Waals surface area (Å²) < 4.78 is 12.6. The first-order valence-corrected chi connectivity index (χ1v) is 12.3. The van der Waals surface area contributed by atoms with Crippen molar-refractivity contribution in [3.63, 3.8) is 0 Å². The Kier molecular flexibility index (Phi) is 6.71. The van der Waals surface area contributed by atoms with Crippen molar-refractivity contribution in [3.05, 3.63) is 59.7 Å². The van der Waals surface area contributed by atoms with Crippen molar-refractivity contribution in [2.24, 2.45) is 5.73 Å². The molecule has 2 aromatic carbocycles. The molecule has 29 heavy (non-hydrogen) atoms. The Morgan fingerprint density at radius 2 is 1.90 bits per heavy atom. The molecule has 1 aliphatic carbocycles. The fraction of sp³-hybridized carbons (Fsp3) is 0.520. The minimum Gasteiger partial charge on any atom is -0.490 e. The van der Waals surface area contributed by atoms with Crippen LogP contribution in [0.3, 0.4) is 0 Å². The molecular weight excluding hydrogens is 378 g/mol. The summed E-state index contributed by atoms with van der Waals surface area (Å²) >= 11 is 1.91. The quantitative estimate of drug-likeness (QED) is 0.575. The molecule has 0 radical (unpaired) electrons. The Hall–Kier alpha value is -1.65. The first-order valence-electron chi connectivity index (χ1n) is 10.9. The number of rotatable bonds is 7. The predicted molar refractivity (Wildman–Crippen MR) is 122 cm³/mol. The number of fused-ring (bicyclic) bond motifs is 1. The zero-order valence-electron chi connectivity index (χ0n) is 17.4. The highest BCUT2D eigenvalue weighted by Gasteiger charge is 2.32. The van der Waals surface area contributed by atoms with Crippen molar-refractivity contribution in [2.45, 2.75) is 69.1 Å². The Morgan fingerprint density at radius 3 is 2.66 bits per heavy atom. The average Bonchev–Trinajstić information content (AvgIpc) is 2.76. The van der Waals surface area contributed by atoms with Gasteiger partial charge >= 0.3 is 0 Å². The van der Waals surface area contributed by atoms with Crippen LogP contribution in [0.15, 0.2) is 48.5 Å². The fourth-order valence-corrected chi connectivity index (χ4v) is 5.07. The van der Waals surface area contributed by atoms with E-state index in [-0.39, 0.29) is 17.7 Å². The van der Waals surface area contributed by atoms with Crippen molar-refractivity contribution in [1.82, 2.24) is 0 Å². The van der Waals surface area contributed by atoms with Crippen LogP contribution in [0.2, 0.25) is 0 Å². The van der Waals surface area contributed by atoms with Gasteiger partial charge in [0.2, 0.25) is 0 Å². The number of benzene rings is 2. The molecule has 0 saturated heterocycles. The number of thioether (sulfide) groups is 1. The maximum Gasteiger partial charge on any atom is 0.124 e. The van der Waals surface area contributed by atoms with Gasteiger partial charge in [-0.2, -0.15) is 11.8 Å². The van der Waals surface area contributed by atoms with Gasteiger partial charge in [0.25, 0.3) is 0 Å². The number of aryl methyl sites for hydroxylation is 1. The second-order valence-electron chi connectivity index (χ2n) is 8.60. The Bertz CT molecular complexity index is 787. The van der Waals surface area contributed by atoms with Crippen molar-refractivity contribution in [2.75, 3.05) is 12.0 Å². The number of hydrogen-bond donors (Lipinski definition) is 1. The van der Waals surface area contributed by atoms with Crippen LogP contribution >= 0.6 is 11.8 Å². The first kappa shape index (κ1) is 20.6. The smallest absolute Gasteiger partial charge is 0.124 e. The van der Waals surface area contributed by atoms with Crippen molar-refractivity contribution in [1.29, 1.82) is 0 Å². The second-order valence-corrected chi connectivity index (χ2v) is 9.59. The highest BCUT2D eigenvalue weighted by molar-refractivity contribution is 7.98. The van der Waals surface area contributed by atoms with Gasteiger partial charge in [0, 0.05) is 5.54 Å². The van der Waals surface area contributed by atoms with E-state index in [1.165, 1.54) is 23.3 Å². The maximum atomic E-state index is 6.63. The lowest BCUT2D eigenvalue weighted by Crippen LogP contribution is -2.45. The fourth-order valence-electron chi connectivity index (χ4n) is 4.64. The molecule has 2 N–H and O–H groups in total. The molecule has 3 nitrogen and oxygen atoms in total. The van der Waals surface area contributed by atoms with Gasteiger partial charge in [-0.05, 0) is 92.7 Å². The third kappa shape index (κ3) is 5.29. The SMILES string of the molecule is CSCCCC1(N)CCC(Oc2ccc3c(c2)CCC(c2ccccc2)O3)CC1. The summed E-state index contributed by atoms with van der Waals surface area (Å²) in [5.74, 6) is 3.18. The molecule has 1 aliphatic heterocycles. The average molecular weight is 412 g/mol. The van der Waals surface area contributed by atoms with Gasteiger partial charge in [-0.1, -0.05) is 30.3 Å². The van der Waals surface area contributed by atoms with Gasteiger partial charge < -0.3 is 15.2 Å². The van der Waals surface area contributed by atoms with E-state index in [2.05, 4.69) is 48.7 Å². The molecule has 1 heterocycles. The van der Waals surface area contributed by atoms with Crippen LogP contribution in [-0.4, -0.2) is 23.7 Å². The number of hydrogen-bond acceptors (Lipinski definition) is 4. The lowest BCUT2D eigenvalue weighted by atomic mass is 9.78. The largest absolute Gasteiger partial charge is 0.490 e. The summed E-state index contributed by atoms with van der Waals surface area (Å²) in [7, 11) is 0. The lowest BCUT2D eigenvalue weighted by molar-refractivity contribution is 0.114. The molecule has 156 valence electrons. The molecule has 0 amide bonds. The van der Waals surface area contributed by atoms with Crippen LogP contribution in [0, 0.1) is 0 Å². The second kappa shape index (κ2) is 9.44. The summed E-state index contributed by atoms with van der Waals surface area (Å²) in [5, 5.41) is 0. The Labute approximate surface area is 179 Å². The standard InChI is InChI=1S/C25H33NO2S/c1-29-17-5-14-25(26)15-12-21(13-16-25)27-22-9-11-24-20(18-22)8-10-23(28-24)19-6-3-2-4-7-19/h2-4,6-7,9,11,18,21,23H,5,8,10,12-17,26H2,1H3. The van der Waals surface area contributed by atoms with Crippen molar-refractivity contribution >= 4 is 11.8 Å². The van der Waals surface area contributed by atoms with Gasteiger partial charge in [-0.3, -0.25) is 0 Å². The molecule has 1 atom stereocenters. The van der Waals surface area contributed by atoms with Crippen molar-refractivity contribution in [3.8, 4) is 11.5 Å². The minimum atomic E-state index is 0.0196. The molecule has 2 aromatic rings. The van der Waals surface area contributed by atoms with E-state index < -0.39 is 0 Å². The van der Waals surface area contributed by atoms with Crippen molar-refractivity contribution < 1.29 is 9.47 Å². The summed E-state index contributed by atoms with van der Waals surface area (Å²) in [4.78, 5) is 0. The zero-order valence-corrected chi connectivity index (χ0v) is 18.3. The molecule has 1 fully saturated rings. The normalized spacial score (nSPS) is 26.4. The minimum absolute atomic E-state index is 0.0196. The van der Waals surface area contributed by atoms with Gasteiger partial charge in [0.05, 0.1) is 6.10 Å². The Morgan fingerprint density at radius 1 is 1.10 bits per heavy atom. The third-order valence-electron chi connectivity index (χ3n) is 6.40. The van der Waals surface area contributed by atoms with E-state index in [9.17, 15) is 0 Å².